The maximum absolute atomic E-state index is 11.1. The Morgan fingerprint density at radius 3 is 2.47 bits per heavy atom. The number of rotatable bonds is 5. The average molecular weight is 243 g/mol. The van der Waals surface area contributed by atoms with E-state index in [1.807, 2.05) is 13.8 Å². The molecule has 0 aromatic heterocycles. The number of nitrogens with one attached hydrogen (secondary N) is 1. The van der Waals surface area contributed by atoms with Gasteiger partial charge in [-0.3, -0.25) is 4.79 Å². The minimum atomic E-state index is -0.757. The molecule has 3 unspecified atom stereocenters. The van der Waals surface area contributed by atoms with Crippen LogP contribution < -0.4 is 5.32 Å². The minimum absolute atomic E-state index is 0.104. The number of aliphatic carboxylic acids is 1. The predicted molar refractivity (Wildman–Crippen MR) is 67.0 cm³/mol. The van der Waals surface area contributed by atoms with Crippen molar-refractivity contribution in [3.8, 4) is 0 Å². The van der Waals surface area contributed by atoms with Crippen molar-refractivity contribution in [1.82, 2.24) is 5.32 Å². The zero-order valence-corrected chi connectivity index (χ0v) is 11.3. The zero-order chi connectivity index (χ0) is 13.0. The van der Waals surface area contributed by atoms with Crippen LogP contribution in [0.25, 0.3) is 0 Å². The van der Waals surface area contributed by atoms with Gasteiger partial charge >= 0.3 is 5.97 Å². The summed E-state index contributed by atoms with van der Waals surface area (Å²) in [5, 5.41) is 12.4. The van der Waals surface area contributed by atoms with Crippen molar-refractivity contribution < 1.29 is 14.6 Å². The van der Waals surface area contributed by atoms with Crippen molar-refractivity contribution in [3.63, 3.8) is 0 Å². The molecule has 0 aliphatic carbocycles. The highest BCUT2D eigenvalue weighted by Crippen LogP contribution is 2.21. The molecule has 0 radical (unpaired) electrons. The Balaban J connectivity index is 2.52. The molecule has 100 valence electrons. The van der Waals surface area contributed by atoms with Crippen molar-refractivity contribution >= 4 is 5.97 Å². The fourth-order valence-corrected chi connectivity index (χ4v) is 2.25. The van der Waals surface area contributed by atoms with Gasteiger partial charge in [0.1, 0.15) is 6.04 Å². The van der Waals surface area contributed by atoms with Crippen LogP contribution >= 0.6 is 0 Å². The maximum atomic E-state index is 11.1. The van der Waals surface area contributed by atoms with Gasteiger partial charge in [-0.25, -0.2) is 0 Å². The van der Waals surface area contributed by atoms with Gasteiger partial charge in [0.25, 0.3) is 0 Å². The number of ether oxygens (including phenoxy) is 1. The molecule has 1 fully saturated rings. The highest BCUT2D eigenvalue weighted by atomic mass is 16.5. The summed E-state index contributed by atoms with van der Waals surface area (Å²) in [6, 6.07) is -0.189. The van der Waals surface area contributed by atoms with Gasteiger partial charge in [-0.1, -0.05) is 27.7 Å². The first kappa shape index (κ1) is 14.5. The van der Waals surface area contributed by atoms with E-state index in [0.29, 0.717) is 5.92 Å². The summed E-state index contributed by atoms with van der Waals surface area (Å²) in [5.74, 6) is -0.164. The summed E-state index contributed by atoms with van der Waals surface area (Å²) in [5.41, 5.74) is 0. The van der Waals surface area contributed by atoms with Crippen LogP contribution in [0.5, 0.6) is 0 Å². The zero-order valence-electron chi connectivity index (χ0n) is 11.3. The van der Waals surface area contributed by atoms with Crippen molar-refractivity contribution in [2.75, 3.05) is 6.61 Å². The number of carboxylic acids is 1. The Kier molecular flexibility index (Phi) is 5.40. The Hall–Kier alpha value is -0.610. The lowest BCUT2D eigenvalue weighted by Crippen LogP contribution is -2.50. The van der Waals surface area contributed by atoms with Gasteiger partial charge in [-0.2, -0.15) is 0 Å². The molecule has 2 N–H and O–H groups in total. The molecule has 0 spiro atoms. The third-order valence-electron chi connectivity index (χ3n) is 3.41. The number of hydrogen-bond donors (Lipinski definition) is 2. The van der Waals surface area contributed by atoms with E-state index in [2.05, 4.69) is 19.2 Å². The molecule has 1 aliphatic rings. The van der Waals surface area contributed by atoms with Gasteiger partial charge in [0, 0.05) is 12.6 Å². The first-order valence-electron chi connectivity index (χ1n) is 6.52. The molecule has 0 aromatic carbocycles. The molecular weight excluding hydrogens is 218 g/mol. The molecular formula is C13H25NO3. The van der Waals surface area contributed by atoms with E-state index in [9.17, 15) is 4.79 Å². The third-order valence-corrected chi connectivity index (χ3v) is 3.41. The smallest absolute Gasteiger partial charge is 0.320 e. The Bertz CT molecular complexity index is 253. The summed E-state index contributed by atoms with van der Waals surface area (Å²) in [6.07, 6.45) is 2.07. The molecule has 3 atom stereocenters. The Labute approximate surface area is 104 Å². The lowest BCUT2D eigenvalue weighted by atomic mass is 9.93. The largest absolute Gasteiger partial charge is 0.480 e. The highest BCUT2D eigenvalue weighted by molar-refractivity contribution is 5.73. The topological polar surface area (TPSA) is 58.6 Å². The Morgan fingerprint density at radius 1 is 1.35 bits per heavy atom. The van der Waals surface area contributed by atoms with E-state index >= 15 is 0 Å². The van der Waals surface area contributed by atoms with Gasteiger partial charge in [0.05, 0.1) is 6.10 Å². The van der Waals surface area contributed by atoms with E-state index in [0.717, 1.165) is 19.4 Å². The molecule has 1 aliphatic heterocycles. The van der Waals surface area contributed by atoms with Gasteiger partial charge < -0.3 is 15.2 Å². The lowest BCUT2D eigenvalue weighted by molar-refractivity contribution is -0.141. The molecule has 1 rings (SSSR count). The first-order chi connectivity index (χ1) is 7.91. The summed E-state index contributed by atoms with van der Waals surface area (Å²) < 4.78 is 5.68. The predicted octanol–water partition coefficient (Wildman–Crippen LogP) is 1.89. The molecule has 1 saturated heterocycles. The van der Waals surface area contributed by atoms with Crippen molar-refractivity contribution in [3.05, 3.63) is 0 Å². The first-order valence-corrected chi connectivity index (χ1v) is 6.52. The van der Waals surface area contributed by atoms with E-state index in [4.69, 9.17) is 9.84 Å². The fraction of sp³-hybridized carbons (Fsp3) is 0.923. The molecule has 4 nitrogen and oxygen atoms in total. The highest BCUT2D eigenvalue weighted by Gasteiger charge is 2.29. The standard InChI is InChI=1S/C13H25NO3/c1-8(2)11-7-10(5-6-17-11)14-12(9(3)4)13(15)16/h8-12,14H,5-7H2,1-4H3,(H,15,16). The number of carboxylic acid groups (broad SMARTS) is 1. The maximum Gasteiger partial charge on any atom is 0.320 e. The van der Waals surface area contributed by atoms with Crippen LogP contribution in [-0.2, 0) is 9.53 Å². The van der Waals surface area contributed by atoms with Gasteiger partial charge in [-0.05, 0) is 24.7 Å². The van der Waals surface area contributed by atoms with Gasteiger partial charge in [0.2, 0.25) is 0 Å². The monoisotopic (exact) mass is 243 g/mol. The third kappa shape index (κ3) is 4.28. The number of hydrogen-bond acceptors (Lipinski definition) is 3. The SMILES string of the molecule is CC(C)C1CC(NC(C(=O)O)C(C)C)CCO1. The van der Waals surface area contributed by atoms with Crippen LogP contribution in [0.2, 0.25) is 0 Å². The second kappa shape index (κ2) is 6.36. The quantitative estimate of drug-likeness (QED) is 0.774. The van der Waals surface area contributed by atoms with Crippen LogP contribution in [0.1, 0.15) is 40.5 Å². The van der Waals surface area contributed by atoms with Crippen LogP contribution in [0.3, 0.4) is 0 Å². The summed E-state index contributed by atoms with van der Waals surface area (Å²) in [6.45, 7) is 8.88. The molecule has 17 heavy (non-hydrogen) atoms. The molecule has 0 bridgehead atoms. The summed E-state index contributed by atoms with van der Waals surface area (Å²) in [7, 11) is 0. The van der Waals surface area contributed by atoms with Gasteiger partial charge in [-0.15, -0.1) is 0 Å². The molecule has 0 saturated carbocycles. The normalized spacial score (nSPS) is 27.4. The lowest BCUT2D eigenvalue weighted by Gasteiger charge is -2.34. The second-order valence-corrected chi connectivity index (χ2v) is 5.60. The average Bonchev–Trinajstić information content (AvgIpc) is 2.25. The second-order valence-electron chi connectivity index (χ2n) is 5.60. The molecule has 4 heteroatoms. The Morgan fingerprint density at radius 2 is 2.00 bits per heavy atom. The van der Waals surface area contributed by atoms with E-state index < -0.39 is 12.0 Å². The van der Waals surface area contributed by atoms with Crippen molar-refractivity contribution in [2.45, 2.75) is 58.7 Å². The summed E-state index contributed by atoms with van der Waals surface area (Å²) >= 11 is 0. The van der Waals surface area contributed by atoms with Gasteiger partial charge in [0.15, 0.2) is 0 Å². The van der Waals surface area contributed by atoms with E-state index in [1.165, 1.54) is 0 Å². The fourth-order valence-electron chi connectivity index (χ4n) is 2.25. The van der Waals surface area contributed by atoms with Crippen molar-refractivity contribution in [1.29, 1.82) is 0 Å². The van der Waals surface area contributed by atoms with E-state index in [-0.39, 0.29) is 18.1 Å². The molecule has 0 amide bonds. The van der Waals surface area contributed by atoms with Crippen LogP contribution in [0.4, 0.5) is 0 Å². The number of carbonyl (C=O) groups is 1. The van der Waals surface area contributed by atoms with E-state index in [1.54, 1.807) is 0 Å². The van der Waals surface area contributed by atoms with Crippen molar-refractivity contribution in [2.24, 2.45) is 11.8 Å². The molecule has 0 aromatic rings. The van der Waals surface area contributed by atoms with Crippen LogP contribution in [0.15, 0.2) is 0 Å². The van der Waals surface area contributed by atoms with Crippen LogP contribution in [0, 0.1) is 11.8 Å². The summed E-state index contributed by atoms with van der Waals surface area (Å²) in [4.78, 5) is 11.1. The van der Waals surface area contributed by atoms with Crippen LogP contribution in [-0.4, -0.2) is 35.9 Å². The molecule has 1 heterocycles. The minimum Gasteiger partial charge on any atom is -0.480 e.